The van der Waals surface area contributed by atoms with Gasteiger partial charge in [0.15, 0.2) is 0 Å². The Balaban J connectivity index is 0.00000180. The Morgan fingerprint density at radius 1 is 1.53 bits per heavy atom. The van der Waals surface area contributed by atoms with Crippen molar-refractivity contribution in [3.63, 3.8) is 0 Å². The van der Waals surface area contributed by atoms with Crippen molar-refractivity contribution < 1.29 is 0 Å². The maximum Gasteiger partial charge on any atom is 0.141 e. The molecular formula is C13H26ClN5. The van der Waals surface area contributed by atoms with E-state index < -0.39 is 0 Å². The van der Waals surface area contributed by atoms with Gasteiger partial charge in [0, 0.05) is 18.6 Å². The zero-order valence-corrected chi connectivity index (χ0v) is 13.0. The van der Waals surface area contributed by atoms with Crippen molar-refractivity contribution >= 4 is 12.4 Å². The molecule has 1 aliphatic rings. The third-order valence-electron chi connectivity index (χ3n) is 3.54. The lowest BCUT2D eigenvalue weighted by atomic mass is 10.2. The van der Waals surface area contributed by atoms with Crippen LogP contribution in [0.1, 0.15) is 45.5 Å². The lowest BCUT2D eigenvalue weighted by molar-refractivity contribution is 0.190. The lowest BCUT2D eigenvalue weighted by Crippen LogP contribution is -2.37. The van der Waals surface area contributed by atoms with E-state index in [9.17, 15) is 0 Å². The predicted octanol–water partition coefficient (Wildman–Crippen LogP) is 1.85. The van der Waals surface area contributed by atoms with Crippen LogP contribution in [0.25, 0.3) is 0 Å². The third-order valence-corrected chi connectivity index (χ3v) is 3.54. The first-order valence-corrected chi connectivity index (χ1v) is 7.05. The Morgan fingerprint density at radius 3 is 2.89 bits per heavy atom. The molecule has 0 radical (unpaired) electrons. The van der Waals surface area contributed by atoms with Crippen molar-refractivity contribution in [2.75, 3.05) is 19.6 Å². The fourth-order valence-electron chi connectivity index (χ4n) is 2.63. The minimum atomic E-state index is 0. The lowest BCUT2D eigenvalue weighted by Gasteiger charge is -2.27. The summed E-state index contributed by atoms with van der Waals surface area (Å²) < 4.78 is 2.03. The van der Waals surface area contributed by atoms with Crippen LogP contribution >= 0.6 is 12.4 Å². The molecule has 1 N–H and O–H groups in total. The van der Waals surface area contributed by atoms with Gasteiger partial charge in [-0.3, -0.25) is 4.90 Å². The normalized spacial score (nSPS) is 19.1. The van der Waals surface area contributed by atoms with Crippen LogP contribution in [0.4, 0.5) is 0 Å². The highest BCUT2D eigenvalue weighted by molar-refractivity contribution is 5.85. The Hall–Kier alpha value is -0.650. The van der Waals surface area contributed by atoms with Crippen LogP contribution in [0.5, 0.6) is 0 Å². The topological polar surface area (TPSA) is 46.0 Å². The van der Waals surface area contributed by atoms with Crippen molar-refractivity contribution in [2.45, 2.75) is 52.2 Å². The van der Waals surface area contributed by atoms with E-state index in [4.69, 9.17) is 0 Å². The second-order valence-corrected chi connectivity index (χ2v) is 5.33. The Kier molecular flexibility index (Phi) is 6.75. The molecule has 1 aliphatic heterocycles. The number of nitrogens with one attached hydrogen (secondary N) is 1. The molecule has 0 spiro atoms. The molecule has 0 aromatic carbocycles. The Labute approximate surface area is 122 Å². The summed E-state index contributed by atoms with van der Waals surface area (Å²) in [5, 5.41) is 7.76. The Bertz CT molecular complexity index is 360. The number of hydrogen-bond acceptors (Lipinski definition) is 4. The second-order valence-electron chi connectivity index (χ2n) is 5.33. The molecule has 6 heteroatoms. The average Bonchev–Trinajstić information content (AvgIpc) is 2.99. The van der Waals surface area contributed by atoms with Crippen LogP contribution in [0.15, 0.2) is 6.33 Å². The van der Waals surface area contributed by atoms with Gasteiger partial charge in [-0.15, -0.1) is 12.4 Å². The monoisotopic (exact) mass is 287 g/mol. The van der Waals surface area contributed by atoms with Gasteiger partial charge in [0.1, 0.15) is 12.2 Å². The van der Waals surface area contributed by atoms with Crippen LogP contribution in [0.3, 0.4) is 0 Å². The largest absolute Gasteiger partial charge is 0.315 e. The van der Waals surface area contributed by atoms with E-state index in [1.165, 1.54) is 12.8 Å². The van der Waals surface area contributed by atoms with Gasteiger partial charge >= 0.3 is 0 Å². The molecule has 1 unspecified atom stereocenters. The van der Waals surface area contributed by atoms with Crippen molar-refractivity contribution in [1.29, 1.82) is 0 Å². The number of nitrogens with zero attached hydrogens (tertiary/aromatic N) is 4. The predicted molar refractivity (Wildman–Crippen MR) is 79.6 cm³/mol. The average molecular weight is 288 g/mol. The summed E-state index contributed by atoms with van der Waals surface area (Å²) in [6.07, 6.45) is 4.11. The van der Waals surface area contributed by atoms with E-state index in [1.54, 1.807) is 6.33 Å². The van der Waals surface area contributed by atoms with Gasteiger partial charge in [-0.1, -0.05) is 6.92 Å². The second kappa shape index (κ2) is 7.82. The fraction of sp³-hybridized carbons (Fsp3) is 0.846. The number of rotatable bonds is 6. The first-order chi connectivity index (χ1) is 8.72. The minimum Gasteiger partial charge on any atom is -0.315 e. The van der Waals surface area contributed by atoms with Crippen molar-refractivity contribution in [3.8, 4) is 0 Å². The van der Waals surface area contributed by atoms with Gasteiger partial charge in [0.25, 0.3) is 0 Å². The summed E-state index contributed by atoms with van der Waals surface area (Å²) in [5.74, 6) is 1.09. The van der Waals surface area contributed by atoms with Crippen LogP contribution in [-0.2, 0) is 6.54 Å². The number of aromatic nitrogens is 3. The molecule has 19 heavy (non-hydrogen) atoms. The zero-order chi connectivity index (χ0) is 13.0. The summed E-state index contributed by atoms with van der Waals surface area (Å²) in [4.78, 5) is 6.97. The first kappa shape index (κ1) is 16.4. The minimum absolute atomic E-state index is 0. The fourth-order valence-corrected chi connectivity index (χ4v) is 2.63. The van der Waals surface area contributed by atoms with E-state index in [2.05, 4.69) is 41.1 Å². The zero-order valence-electron chi connectivity index (χ0n) is 12.2. The van der Waals surface area contributed by atoms with Gasteiger partial charge < -0.3 is 5.32 Å². The molecule has 1 fully saturated rings. The highest BCUT2D eigenvalue weighted by atomic mass is 35.5. The molecule has 1 saturated heterocycles. The highest BCUT2D eigenvalue weighted by Crippen LogP contribution is 2.14. The summed E-state index contributed by atoms with van der Waals surface area (Å²) in [5.41, 5.74) is 0. The van der Waals surface area contributed by atoms with Gasteiger partial charge in [0.2, 0.25) is 0 Å². The summed E-state index contributed by atoms with van der Waals surface area (Å²) in [6, 6.07) is 1.04. The SMILES string of the molecule is CCCN(Cc1ncnn1C(C)C)C1CCNC1.Cl. The Morgan fingerprint density at radius 2 is 2.32 bits per heavy atom. The molecule has 2 rings (SSSR count). The molecule has 2 heterocycles. The van der Waals surface area contributed by atoms with E-state index in [-0.39, 0.29) is 12.4 Å². The van der Waals surface area contributed by atoms with Crippen LogP contribution in [-0.4, -0.2) is 45.3 Å². The molecule has 1 aromatic rings. The standard InChI is InChI=1S/C13H25N5.ClH/c1-4-7-17(12-5-6-14-8-12)9-13-15-10-16-18(13)11(2)3;/h10-12,14H,4-9H2,1-3H3;1H. The quantitative estimate of drug-likeness (QED) is 0.867. The number of hydrogen-bond donors (Lipinski definition) is 1. The molecule has 110 valence electrons. The van der Waals surface area contributed by atoms with Crippen molar-refractivity contribution in [2.24, 2.45) is 0 Å². The van der Waals surface area contributed by atoms with Gasteiger partial charge in [-0.05, 0) is 39.8 Å². The molecule has 0 bridgehead atoms. The summed E-state index contributed by atoms with van der Waals surface area (Å²) in [6.45, 7) is 10.8. The van der Waals surface area contributed by atoms with Crippen molar-refractivity contribution in [3.05, 3.63) is 12.2 Å². The highest BCUT2D eigenvalue weighted by Gasteiger charge is 2.23. The third kappa shape index (κ3) is 4.16. The van der Waals surface area contributed by atoms with E-state index in [0.717, 1.165) is 32.0 Å². The van der Waals surface area contributed by atoms with Gasteiger partial charge in [-0.25, -0.2) is 9.67 Å². The smallest absolute Gasteiger partial charge is 0.141 e. The van der Waals surface area contributed by atoms with E-state index in [1.807, 2.05) is 4.68 Å². The van der Waals surface area contributed by atoms with Crippen LogP contribution < -0.4 is 5.32 Å². The van der Waals surface area contributed by atoms with Gasteiger partial charge in [-0.2, -0.15) is 5.10 Å². The first-order valence-electron chi connectivity index (χ1n) is 7.05. The van der Waals surface area contributed by atoms with Gasteiger partial charge in [0.05, 0.1) is 6.54 Å². The van der Waals surface area contributed by atoms with E-state index >= 15 is 0 Å². The number of halogens is 1. The van der Waals surface area contributed by atoms with Crippen LogP contribution in [0, 0.1) is 0 Å². The summed E-state index contributed by atoms with van der Waals surface area (Å²) >= 11 is 0. The van der Waals surface area contributed by atoms with Crippen molar-refractivity contribution in [1.82, 2.24) is 25.0 Å². The molecule has 1 aromatic heterocycles. The molecule has 0 amide bonds. The molecule has 5 nitrogen and oxygen atoms in total. The maximum atomic E-state index is 4.42. The molecular weight excluding hydrogens is 262 g/mol. The van der Waals surface area contributed by atoms with E-state index in [0.29, 0.717) is 12.1 Å². The maximum absolute atomic E-state index is 4.42. The molecule has 1 atom stereocenters. The van der Waals surface area contributed by atoms with Crippen LogP contribution in [0.2, 0.25) is 0 Å². The molecule has 0 saturated carbocycles. The molecule has 0 aliphatic carbocycles. The summed E-state index contributed by atoms with van der Waals surface area (Å²) in [7, 11) is 0.